The van der Waals surface area contributed by atoms with Gasteiger partial charge in [0.25, 0.3) is 0 Å². The first kappa shape index (κ1) is 20.5. The quantitative estimate of drug-likeness (QED) is 0.601. The van der Waals surface area contributed by atoms with E-state index in [1.807, 2.05) is 43.3 Å². The lowest BCUT2D eigenvalue weighted by atomic mass is 9.94. The fraction of sp³-hybridized carbons (Fsp3) is 0.208. The summed E-state index contributed by atoms with van der Waals surface area (Å²) < 4.78 is 34.3. The lowest BCUT2D eigenvalue weighted by Crippen LogP contribution is -2.28. The Morgan fingerprint density at radius 2 is 1.75 bits per heavy atom. The number of fused-ring (bicyclic) bond motifs is 1. The first-order chi connectivity index (χ1) is 15.3. The molecule has 0 radical (unpaired) electrons. The Bertz CT molecular complexity index is 1360. The fourth-order valence-corrected chi connectivity index (χ4v) is 4.56. The van der Waals surface area contributed by atoms with Crippen molar-refractivity contribution in [2.45, 2.75) is 30.1 Å². The maximum Gasteiger partial charge on any atom is 0.238 e. The molecule has 32 heavy (non-hydrogen) atoms. The van der Waals surface area contributed by atoms with Crippen LogP contribution >= 0.6 is 0 Å². The molecule has 5 rings (SSSR count). The van der Waals surface area contributed by atoms with Gasteiger partial charge in [-0.2, -0.15) is 0 Å². The molecule has 0 aromatic heterocycles. The lowest BCUT2D eigenvalue weighted by molar-refractivity contribution is -0.118. The molecule has 0 spiro atoms. The lowest BCUT2D eigenvalue weighted by Gasteiger charge is -2.18. The number of hydrogen-bond acceptors (Lipinski definition) is 5. The molecule has 3 N–H and O–H groups in total. The van der Waals surface area contributed by atoms with Gasteiger partial charge < -0.3 is 14.8 Å². The van der Waals surface area contributed by atoms with Gasteiger partial charge >= 0.3 is 0 Å². The van der Waals surface area contributed by atoms with E-state index in [0.29, 0.717) is 22.7 Å². The van der Waals surface area contributed by atoms with Gasteiger partial charge in [0.1, 0.15) is 0 Å². The molecule has 7 nitrogen and oxygen atoms in total. The fourth-order valence-electron chi connectivity index (χ4n) is 4.00. The van der Waals surface area contributed by atoms with E-state index in [9.17, 15) is 13.2 Å². The minimum absolute atomic E-state index is 0. The maximum atomic E-state index is 13.3. The summed E-state index contributed by atoms with van der Waals surface area (Å²) in [4.78, 5) is 13.3. The van der Waals surface area contributed by atoms with Crippen LogP contribution in [0.3, 0.4) is 0 Å². The monoisotopic (exact) mass is 454 g/mol. The number of sulfonamides is 1. The summed E-state index contributed by atoms with van der Waals surface area (Å²) in [6, 6.07) is 17.7. The highest BCUT2D eigenvalue weighted by Crippen LogP contribution is 2.51. The van der Waals surface area contributed by atoms with E-state index in [1.165, 1.54) is 12.1 Å². The Hall–Kier alpha value is -3.36. The average molecular weight is 455 g/mol. The zero-order valence-corrected chi connectivity index (χ0v) is 18.2. The van der Waals surface area contributed by atoms with Crippen molar-refractivity contribution in [2.75, 3.05) is 12.1 Å². The second-order valence-corrected chi connectivity index (χ2v) is 9.77. The van der Waals surface area contributed by atoms with E-state index in [2.05, 4.69) is 5.32 Å². The van der Waals surface area contributed by atoms with Crippen molar-refractivity contribution in [3.8, 4) is 22.6 Å². The van der Waals surface area contributed by atoms with Crippen LogP contribution in [0.2, 0.25) is 0 Å². The number of carbonyl (C=O) groups excluding carboxylic acids is 1. The first-order valence-corrected chi connectivity index (χ1v) is 11.8. The number of nitrogens with one attached hydrogen (secondary N) is 1. The second-order valence-electron chi connectivity index (χ2n) is 8.21. The number of ether oxygens (including phenoxy) is 2. The Labute approximate surface area is 189 Å². The van der Waals surface area contributed by atoms with Crippen LogP contribution < -0.4 is 19.9 Å². The topological polar surface area (TPSA) is 108 Å². The highest BCUT2D eigenvalue weighted by atomic mass is 32.2. The summed E-state index contributed by atoms with van der Waals surface area (Å²) >= 11 is 0. The number of nitrogens with two attached hydrogens (primary N) is 1. The third-order valence-electron chi connectivity index (χ3n) is 6.09. The summed E-state index contributed by atoms with van der Waals surface area (Å²) in [5.74, 6) is 1.28. The van der Waals surface area contributed by atoms with E-state index >= 15 is 0 Å². The first-order valence-electron chi connectivity index (χ1n) is 10.2. The molecular formula is C24H26N2O5S. The molecule has 3 aromatic rings. The highest BCUT2D eigenvalue weighted by Gasteiger charge is 2.51. The maximum absolute atomic E-state index is 13.3. The molecule has 0 unspecified atom stereocenters. The zero-order chi connectivity index (χ0) is 22.5. The van der Waals surface area contributed by atoms with Crippen molar-refractivity contribution in [3.63, 3.8) is 0 Å². The summed E-state index contributed by atoms with van der Waals surface area (Å²) in [6.45, 7) is 2.11. The molecule has 1 fully saturated rings. The summed E-state index contributed by atoms with van der Waals surface area (Å²) in [6.07, 6.45) is 1.52. The van der Waals surface area contributed by atoms with Crippen LogP contribution in [0.5, 0.6) is 11.5 Å². The number of amides is 1. The number of aryl methyl sites for hydroxylation is 1. The van der Waals surface area contributed by atoms with Gasteiger partial charge in [0.15, 0.2) is 11.5 Å². The molecule has 0 saturated heterocycles. The number of rotatable bonds is 5. The van der Waals surface area contributed by atoms with Crippen LogP contribution in [0.25, 0.3) is 11.1 Å². The number of hydrogen-bond donors (Lipinski definition) is 2. The predicted molar refractivity (Wildman–Crippen MR) is 124 cm³/mol. The summed E-state index contributed by atoms with van der Waals surface area (Å²) in [5.41, 5.74) is 3.39. The molecule has 0 bridgehead atoms. The van der Waals surface area contributed by atoms with Gasteiger partial charge in [-0.25, -0.2) is 13.6 Å². The normalized spacial score (nSPS) is 15.9. The van der Waals surface area contributed by atoms with Crippen LogP contribution in [0.15, 0.2) is 65.6 Å². The smallest absolute Gasteiger partial charge is 0.238 e. The van der Waals surface area contributed by atoms with E-state index < -0.39 is 15.4 Å². The second kappa shape index (κ2) is 7.36. The Kier molecular flexibility index (Phi) is 4.72. The Morgan fingerprint density at radius 1 is 1.00 bits per heavy atom. The summed E-state index contributed by atoms with van der Waals surface area (Å²) in [5, 5.41) is 8.35. The molecule has 1 heterocycles. The van der Waals surface area contributed by atoms with Crippen molar-refractivity contribution in [1.29, 1.82) is 0 Å². The molecule has 2 aliphatic rings. The van der Waals surface area contributed by atoms with Gasteiger partial charge in [0.05, 0.1) is 10.3 Å². The van der Waals surface area contributed by atoms with Gasteiger partial charge in [0.2, 0.25) is 22.7 Å². The van der Waals surface area contributed by atoms with Crippen LogP contribution in [-0.4, -0.2) is 21.1 Å². The molecule has 8 heteroatoms. The Morgan fingerprint density at radius 3 is 2.50 bits per heavy atom. The predicted octanol–water partition coefficient (Wildman–Crippen LogP) is 4.20. The summed E-state index contributed by atoms with van der Waals surface area (Å²) in [7, 11) is -3.81. The molecule has 1 aliphatic heterocycles. The van der Waals surface area contributed by atoms with E-state index in [1.54, 1.807) is 12.1 Å². The van der Waals surface area contributed by atoms with Gasteiger partial charge in [-0.3, -0.25) is 4.79 Å². The molecule has 1 amide bonds. The van der Waals surface area contributed by atoms with Gasteiger partial charge in [0, 0.05) is 8.54 Å². The SMILES string of the molecule is Cc1ccc(-c2cccc(S(N)(=O)=O)c2)cc1NC(=O)C1(c2ccc3c(c2)OCO3)CC1.[HH].[HH]. The molecule has 0 atom stereocenters. The Balaban J connectivity index is 0.00000162. The van der Waals surface area contributed by atoms with Crippen molar-refractivity contribution in [1.82, 2.24) is 0 Å². The van der Waals surface area contributed by atoms with Crippen molar-refractivity contribution >= 4 is 21.6 Å². The highest BCUT2D eigenvalue weighted by molar-refractivity contribution is 7.89. The van der Waals surface area contributed by atoms with Crippen molar-refractivity contribution in [3.05, 3.63) is 71.8 Å². The van der Waals surface area contributed by atoms with Crippen LogP contribution in [0.1, 0.15) is 26.8 Å². The minimum atomic E-state index is -3.81. The number of benzene rings is 3. The van der Waals surface area contributed by atoms with Crippen molar-refractivity contribution < 1.29 is 25.5 Å². The third-order valence-corrected chi connectivity index (χ3v) is 7.00. The van der Waals surface area contributed by atoms with Crippen LogP contribution in [0, 0.1) is 6.92 Å². The molecule has 168 valence electrons. The van der Waals surface area contributed by atoms with Crippen LogP contribution in [-0.2, 0) is 20.2 Å². The molecular weight excluding hydrogens is 428 g/mol. The average Bonchev–Trinajstić information content (AvgIpc) is 3.45. The molecule has 1 saturated carbocycles. The third kappa shape index (κ3) is 3.61. The standard InChI is InChI=1S/C24H22N2O5S.2H2/c1-15-5-6-17(16-3-2-4-19(11-16)32(25,28)29)12-20(15)26-23(27)24(9-10-24)18-7-8-21-22(13-18)31-14-30-21;;/h2-8,11-13H,9-10,14H2,1H3,(H,26,27)(H2,25,28,29);2*1H. The molecule has 3 aromatic carbocycles. The number of primary sulfonamides is 1. The van der Waals surface area contributed by atoms with E-state index in [4.69, 9.17) is 14.6 Å². The van der Waals surface area contributed by atoms with Gasteiger partial charge in [-0.1, -0.05) is 30.3 Å². The zero-order valence-electron chi connectivity index (χ0n) is 17.4. The number of anilines is 1. The van der Waals surface area contributed by atoms with Crippen LogP contribution in [0.4, 0.5) is 5.69 Å². The van der Waals surface area contributed by atoms with E-state index in [0.717, 1.165) is 29.5 Å². The largest absolute Gasteiger partial charge is 0.454 e. The molecule has 1 aliphatic carbocycles. The minimum Gasteiger partial charge on any atom is -0.454 e. The van der Waals surface area contributed by atoms with Gasteiger partial charge in [-0.15, -0.1) is 0 Å². The van der Waals surface area contributed by atoms with Gasteiger partial charge in [-0.05, 0) is 72.4 Å². The van der Waals surface area contributed by atoms with Crippen molar-refractivity contribution in [2.24, 2.45) is 5.14 Å². The number of carbonyl (C=O) groups is 1. The van der Waals surface area contributed by atoms with E-state index in [-0.39, 0.29) is 20.4 Å².